The molecule has 3 nitrogen and oxygen atoms in total. The molecule has 1 N–H and O–H groups in total. The van der Waals surface area contributed by atoms with Gasteiger partial charge in [0.25, 0.3) is 0 Å². The quantitative estimate of drug-likeness (QED) is 0.872. The number of rotatable bonds is 4. The van der Waals surface area contributed by atoms with E-state index in [2.05, 4.69) is 4.90 Å². The fourth-order valence-electron chi connectivity index (χ4n) is 2.03. The third-order valence-electron chi connectivity index (χ3n) is 2.93. The summed E-state index contributed by atoms with van der Waals surface area (Å²) in [5.74, 6) is 1.31. The van der Waals surface area contributed by atoms with Crippen molar-refractivity contribution in [2.24, 2.45) is 5.92 Å². The van der Waals surface area contributed by atoms with Crippen LogP contribution in [-0.4, -0.2) is 36.8 Å². The van der Waals surface area contributed by atoms with Crippen LogP contribution in [0.2, 0.25) is 5.02 Å². The zero-order valence-electron chi connectivity index (χ0n) is 9.32. The molecule has 0 aliphatic carbocycles. The van der Waals surface area contributed by atoms with E-state index in [4.69, 9.17) is 21.4 Å². The van der Waals surface area contributed by atoms with Gasteiger partial charge in [-0.15, -0.1) is 0 Å². The lowest BCUT2D eigenvalue weighted by atomic mass is 10.0. The first-order chi connectivity index (χ1) is 7.72. The van der Waals surface area contributed by atoms with E-state index in [0.29, 0.717) is 5.92 Å². The lowest BCUT2D eigenvalue weighted by Gasteiger charge is -2.38. The molecule has 88 valence electrons. The fraction of sp³-hybridized carbons (Fsp3) is 0.500. The van der Waals surface area contributed by atoms with Gasteiger partial charge in [-0.05, 0) is 18.2 Å². The minimum Gasteiger partial charge on any atom is -0.496 e. The van der Waals surface area contributed by atoms with Gasteiger partial charge in [0.1, 0.15) is 5.75 Å². The Morgan fingerprint density at radius 3 is 2.88 bits per heavy atom. The highest BCUT2D eigenvalue weighted by Gasteiger charge is 2.26. The van der Waals surface area contributed by atoms with Crippen LogP contribution in [0, 0.1) is 5.92 Å². The Labute approximate surface area is 101 Å². The summed E-state index contributed by atoms with van der Waals surface area (Å²) in [5.41, 5.74) is 1.10. The molecule has 1 aromatic carbocycles. The minimum absolute atomic E-state index is 0.281. The van der Waals surface area contributed by atoms with Crippen LogP contribution in [0.4, 0.5) is 0 Å². The molecule has 0 spiro atoms. The van der Waals surface area contributed by atoms with E-state index in [1.165, 1.54) is 0 Å². The first kappa shape index (κ1) is 11.7. The zero-order valence-corrected chi connectivity index (χ0v) is 10.1. The largest absolute Gasteiger partial charge is 0.496 e. The smallest absolute Gasteiger partial charge is 0.123 e. The number of ether oxygens (including phenoxy) is 1. The highest BCUT2D eigenvalue weighted by molar-refractivity contribution is 6.30. The van der Waals surface area contributed by atoms with Crippen molar-refractivity contribution in [2.75, 3.05) is 26.8 Å². The van der Waals surface area contributed by atoms with Crippen molar-refractivity contribution in [3.8, 4) is 5.75 Å². The number of hydrogen-bond donors (Lipinski definition) is 1. The van der Waals surface area contributed by atoms with Crippen molar-refractivity contribution < 1.29 is 9.84 Å². The summed E-state index contributed by atoms with van der Waals surface area (Å²) >= 11 is 5.96. The molecule has 0 amide bonds. The van der Waals surface area contributed by atoms with Gasteiger partial charge in [0.2, 0.25) is 0 Å². The molecule has 0 unspecified atom stereocenters. The molecule has 1 aromatic rings. The third kappa shape index (κ3) is 2.48. The molecule has 1 heterocycles. The monoisotopic (exact) mass is 241 g/mol. The number of halogens is 1. The fourth-order valence-corrected chi connectivity index (χ4v) is 2.23. The minimum atomic E-state index is 0.281. The van der Waals surface area contributed by atoms with Crippen molar-refractivity contribution >= 4 is 11.6 Å². The molecule has 1 aliphatic heterocycles. The molecule has 0 bridgehead atoms. The molecule has 0 radical (unpaired) electrons. The number of nitrogens with zero attached hydrogens (tertiary/aromatic N) is 1. The summed E-state index contributed by atoms with van der Waals surface area (Å²) in [5, 5.41) is 9.67. The second-order valence-electron chi connectivity index (χ2n) is 4.20. The summed E-state index contributed by atoms with van der Waals surface area (Å²) in [6.07, 6.45) is 0. The van der Waals surface area contributed by atoms with Gasteiger partial charge in [0.05, 0.1) is 7.11 Å². The maximum Gasteiger partial charge on any atom is 0.123 e. The molecule has 0 atom stereocenters. The number of likely N-dealkylation sites (tertiary alicyclic amines) is 1. The van der Waals surface area contributed by atoms with Crippen LogP contribution in [0.15, 0.2) is 18.2 Å². The Balaban J connectivity index is 2.01. The van der Waals surface area contributed by atoms with E-state index < -0.39 is 0 Å². The van der Waals surface area contributed by atoms with Crippen molar-refractivity contribution in [1.29, 1.82) is 0 Å². The van der Waals surface area contributed by atoms with E-state index in [1.54, 1.807) is 7.11 Å². The van der Waals surface area contributed by atoms with E-state index in [0.717, 1.165) is 36.0 Å². The van der Waals surface area contributed by atoms with Gasteiger partial charge in [-0.3, -0.25) is 4.90 Å². The normalized spacial score (nSPS) is 17.2. The SMILES string of the molecule is COc1ccc(Cl)cc1CN1CC(CO)C1. The predicted molar refractivity (Wildman–Crippen MR) is 63.9 cm³/mol. The van der Waals surface area contributed by atoms with Gasteiger partial charge in [0.15, 0.2) is 0 Å². The standard InChI is InChI=1S/C12H16ClNO2/c1-16-12-3-2-11(13)4-10(12)7-14-5-9(6-14)8-15/h2-4,9,15H,5-8H2,1H3. The van der Waals surface area contributed by atoms with E-state index in [9.17, 15) is 0 Å². The Morgan fingerprint density at radius 2 is 2.25 bits per heavy atom. The summed E-state index contributed by atoms with van der Waals surface area (Å²) in [7, 11) is 1.67. The van der Waals surface area contributed by atoms with Crippen LogP contribution in [0.3, 0.4) is 0 Å². The maximum absolute atomic E-state index is 8.94. The lowest BCUT2D eigenvalue weighted by Crippen LogP contribution is -2.47. The molecule has 0 saturated carbocycles. The number of methoxy groups -OCH3 is 1. The molecule has 1 saturated heterocycles. The second-order valence-corrected chi connectivity index (χ2v) is 4.64. The van der Waals surface area contributed by atoms with Crippen LogP contribution in [0.5, 0.6) is 5.75 Å². The van der Waals surface area contributed by atoms with Crippen LogP contribution >= 0.6 is 11.6 Å². The zero-order chi connectivity index (χ0) is 11.5. The van der Waals surface area contributed by atoms with Crippen LogP contribution in [-0.2, 0) is 6.54 Å². The number of aliphatic hydroxyl groups is 1. The molecule has 2 rings (SSSR count). The Kier molecular flexibility index (Phi) is 3.69. The first-order valence-electron chi connectivity index (χ1n) is 5.38. The van der Waals surface area contributed by atoms with Gasteiger partial charge in [-0.2, -0.15) is 0 Å². The van der Waals surface area contributed by atoms with Gasteiger partial charge >= 0.3 is 0 Å². The second kappa shape index (κ2) is 5.04. The Bertz CT molecular complexity index is 364. The highest BCUT2D eigenvalue weighted by Crippen LogP contribution is 2.26. The van der Waals surface area contributed by atoms with E-state index >= 15 is 0 Å². The van der Waals surface area contributed by atoms with E-state index in [-0.39, 0.29) is 6.61 Å². The summed E-state index contributed by atoms with van der Waals surface area (Å²) in [6, 6.07) is 5.66. The van der Waals surface area contributed by atoms with Crippen LogP contribution in [0.25, 0.3) is 0 Å². The van der Waals surface area contributed by atoms with Crippen molar-refractivity contribution in [2.45, 2.75) is 6.54 Å². The van der Waals surface area contributed by atoms with Gasteiger partial charge < -0.3 is 9.84 Å². The number of hydrogen-bond acceptors (Lipinski definition) is 3. The van der Waals surface area contributed by atoms with Gasteiger partial charge in [-0.25, -0.2) is 0 Å². The number of aliphatic hydroxyl groups excluding tert-OH is 1. The average molecular weight is 242 g/mol. The van der Waals surface area contributed by atoms with E-state index in [1.807, 2.05) is 18.2 Å². The molecule has 1 aliphatic rings. The van der Waals surface area contributed by atoms with Crippen LogP contribution < -0.4 is 4.74 Å². The number of benzene rings is 1. The predicted octanol–water partition coefficient (Wildman–Crippen LogP) is 1.77. The Hall–Kier alpha value is -0.770. The maximum atomic E-state index is 8.94. The highest BCUT2D eigenvalue weighted by atomic mass is 35.5. The third-order valence-corrected chi connectivity index (χ3v) is 3.16. The van der Waals surface area contributed by atoms with Crippen molar-refractivity contribution in [1.82, 2.24) is 4.90 Å². The van der Waals surface area contributed by atoms with Crippen LogP contribution in [0.1, 0.15) is 5.56 Å². The van der Waals surface area contributed by atoms with Crippen molar-refractivity contribution in [3.05, 3.63) is 28.8 Å². The van der Waals surface area contributed by atoms with Gasteiger partial charge in [0, 0.05) is 42.7 Å². The first-order valence-corrected chi connectivity index (χ1v) is 5.76. The van der Waals surface area contributed by atoms with Crippen molar-refractivity contribution in [3.63, 3.8) is 0 Å². The Morgan fingerprint density at radius 1 is 1.50 bits per heavy atom. The molecule has 0 aromatic heterocycles. The molecular weight excluding hydrogens is 226 g/mol. The average Bonchev–Trinajstić information content (AvgIpc) is 2.23. The summed E-state index contributed by atoms with van der Waals surface area (Å²) in [4.78, 5) is 2.27. The molecule has 1 fully saturated rings. The molecule has 16 heavy (non-hydrogen) atoms. The lowest BCUT2D eigenvalue weighted by molar-refractivity contribution is 0.0474. The summed E-state index contributed by atoms with van der Waals surface area (Å²) < 4.78 is 5.29. The topological polar surface area (TPSA) is 32.7 Å². The molecule has 4 heteroatoms. The van der Waals surface area contributed by atoms with Gasteiger partial charge in [-0.1, -0.05) is 11.6 Å². The molecular formula is C12H16ClNO2. The summed E-state index contributed by atoms with van der Waals surface area (Å²) in [6.45, 7) is 3.02.